The number of hydrogen-bond donors (Lipinski definition) is 2. The van der Waals surface area contributed by atoms with Crippen LogP contribution in [0, 0.1) is 6.92 Å². The molecule has 2 aromatic rings. The van der Waals surface area contributed by atoms with Gasteiger partial charge in [0.15, 0.2) is 0 Å². The van der Waals surface area contributed by atoms with Crippen molar-refractivity contribution in [2.24, 2.45) is 0 Å². The van der Waals surface area contributed by atoms with E-state index in [4.69, 9.17) is 4.42 Å². The van der Waals surface area contributed by atoms with E-state index in [1.54, 1.807) is 19.4 Å². The molecule has 0 saturated heterocycles. The van der Waals surface area contributed by atoms with Crippen molar-refractivity contribution in [1.29, 1.82) is 0 Å². The predicted octanol–water partition coefficient (Wildman–Crippen LogP) is 2.02. The molecule has 90 valence electrons. The zero-order valence-corrected chi connectivity index (χ0v) is 10.4. The van der Waals surface area contributed by atoms with E-state index >= 15 is 0 Å². The van der Waals surface area contributed by atoms with Crippen LogP contribution in [0.5, 0.6) is 0 Å². The number of carbonyl (C=O) groups excluding carboxylic acids is 1. The van der Waals surface area contributed by atoms with Crippen molar-refractivity contribution in [3.8, 4) is 0 Å². The SMILES string of the molecule is CNc1snc(C)c1C(=O)NCc1ccco1. The molecule has 2 N–H and O–H groups in total. The van der Waals surface area contributed by atoms with Crippen LogP contribution in [0.1, 0.15) is 21.8 Å². The number of aromatic nitrogens is 1. The summed E-state index contributed by atoms with van der Waals surface area (Å²) in [7, 11) is 1.77. The molecule has 2 aromatic heterocycles. The van der Waals surface area contributed by atoms with Crippen molar-refractivity contribution in [2.45, 2.75) is 13.5 Å². The minimum atomic E-state index is -0.142. The molecule has 0 unspecified atom stereocenters. The predicted molar refractivity (Wildman–Crippen MR) is 66.3 cm³/mol. The molecule has 0 saturated carbocycles. The number of aryl methyl sites for hydroxylation is 1. The van der Waals surface area contributed by atoms with Gasteiger partial charge in [0.05, 0.1) is 24.1 Å². The van der Waals surface area contributed by atoms with Gasteiger partial charge in [0, 0.05) is 7.05 Å². The lowest BCUT2D eigenvalue weighted by Crippen LogP contribution is -2.23. The Morgan fingerprint density at radius 2 is 2.41 bits per heavy atom. The third-order valence-corrected chi connectivity index (χ3v) is 3.28. The molecule has 0 aromatic carbocycles. The summed E-state index contributed by atoms with van der Waals surface area (Å²) in [4.78, 5) is 12.0. The second-order valence-corrected chi connectivity index (χ2v) is 4.26. The summed E-state index contributed by atoms with van der Waals surface area (Å²) >= 11 is 1.28. The lowest BCUT2D eigenvalue weighted by molar-refractivity contribution is 0.0948. The maximum atomic E-state index is 12.0. The smallest absolute Gasteiger partial charge is 0.256 e. The average molecular weight is 251 g/mol. The van der Waals surface area contributed by atoms with E-state index in [9.17, 15) is 4.79 Å². The Kier molecular flexibility index (Phi) is 3.43. The summed E-state index contributed by atoms with van der Waals surface area (Å²) < 4.78 is 9.29. The zero-order chi connectivity index (χ0) is 12.3. The molecule has 0 radical (unpaired) electrons. The Morgan fingerprint density at radius 3 is 3.06 bits per heavy atom. The molecule has 0 fully saturated rings. The Hall–Kier alpha value is -1.82. The molecule has 2 heterocycles. The third-order valence-electron chi connectivity index (χ3n) is 2.32. The van der Waals surface area contributed by atoms with E-state index in [0.717, 1.165) is 16.5 Å². The summed E-state index contributed by atoms with van der Waals surface area (Å²) in [5, 5.41) is 6.54. The maximum absolute atomic E-state index is 12.0. The highest BCUT2D eigenvalue weighted by atomic mass is 32.1. The molecule has 2 rings (SSSR count). The van der Waals surface area contributed by atoms with Gasteiger partial charge in [-0.25, -0.2) is 0 Å². The van der Waals surface area contributed by atoms with E-state index in [1.807, 2.05) is 13.0 Å². The Bertz CT molecular complexity index is 505. The fourth-order valence-corrected chi connectivity index (χ4v) is 2.22. The van der Waals surface area contributed by atoms with Crippen molar-refractivity contribution in [3.63, 3.8) is 0 Å². The number of anilines is 1. The van der Waals surface area contributed by atoms with Crippen LogP contribution in [0.2, 0.25) is 0 Å². The highest BCUT2D eigenvalue weighted by Gasteiger charge is 2.17. The minimum Gasteiger partial charge on any atom is -0.467 e. The first-order chi connectivity index (χ1) is 8.22. The minimum absolute atomic E-state index is 0.142. The first-order valence-electron chi connectivity index (χ1n) is 5.17. The van der Waals surface area contributed by atoms with E-state index in [1.165, 1.54) is 11.5 Å². The van der Waals surface area contributed by atoms with Crippen molar-refractivity contribution in [3.05, 3.63) is 35.4 Å². The molecule has 0 aliphatic carbocycles. The number of nitrogens with one attached hydrogen (secondary N) is 2. The fraction of sp³-hybridized carbons (Fsp3) is 0.273. The number of rotatable bonds is 4. The van der Waals surface area contributed by atoms with Gasteiger partial charge in [-0.05, 0) is 30.6 Å². The van der Waals surface area contributed by atoms with Crippen LogP contribution in [-0.2, 0) is 6.54 Å². The molecule has 0 aliphatic heterocycles. The molecule has 0 aliphatic rings. The highest BCUT2D eigenvalue weighted by Crippen LogP contribution is 2.23. The lowest BCUT2D eigenvalue weighted by atomic mass is 10.2. The molecule has 17 heavy (non-hydrogen) atoms. The first-order valence-corrected chi connectivity index (χ1v) is 5.94. The van der Waals surface area contributed by atoms with Crippen molar-refractivity contribution in [1.82, 2.24) is 9.69 Å². The van der Waals surface area contributed by atoms with Gasteiger partial charge in [0.1, 0.15) is 10.8 Å². The van der Waals surface area contributed by atoms with Crippen LogP contribution in [0.15, 0.2) is 22.8 Å². The number of furan rings is 1. The van der Waals surface area contributed by atoms with Crippen LogP contribution < -0.4 is 10.6 Å². The van der Waals surface area contributed by atoms with Gasteiger partial charge in [-0.1, -0.05) is 0 Å². The molecule has 6 heteroatoms. The molecular formula is C11H13N3O2S. The second kappa shape index (κ2) is 5.01. The summed E-state index contributed by atoms with van der Waals surface area (Å²) in [5.74, 6) is 0.585. The molecule has 0 atom stereocenters. The summed E-state index contributed by atoms with van der Waals surface area (Å²) in [6, 6.07) is 3.61. The van der Waals surface area contributed by atoms with E-state index in [0.29, 0.717) is 12.1 Å². The van der Waals surface area contributed by atoms with Crippen molar-refractivity contribution in [2.75, 3.05) is 12.4 Å². The van der Waals surface area contributed by atoms with Gasteiger partial charge in [-0.15, -0.1) is 0 Å². The third kappa shape index (κ3) is 2.47. The second-order valence-electron chi connectivity index (χ2n) is 3.48. The highest BCUT2D eigenvalue weighted by molar-refractivity contribution is 7.10. The average Bonchev–Trinajstić information content (AvgIpc) is 2.94. The van der Waals surface area contributed by atoms with Crippen LogP contribution >= 0.6 is 11.5 Å². The van der Waals surface area contributed by atoms with Gasteiger partial charge in [0.2, 0.25) is 0 Å². The standard InChI is InChI=1S/C11H13N3O2S/c1-7-9(11(12-2)17-14-7)10(15)13-6-8-4-3-5-16-8/h3-5,12H,6H2,1-2H3,(H,13,15). The van der Waals surface area contributed by atoms with Crippen LogP contribution in [-0.4, -0.2) is 17.3 Å². The first kappa shape index (κ1) is 11.7. The largest absolute Gasteiger partial charge is 0.467 e. The lowest BCUT2D eigenvalue weighted by Gasteiger charge is -2.04. The molecule has 0 spiro atoms. The number of nitrogens with zero attached hydrogens (tertiary/aromatic N) is 1. The van der Waals surface area contributed by atoms with Crippen LogP contribution in [0.4, 0.5) is 5.00 Å². The molecule has 1 amide bonds. The summed E-state index contributed by atoms with van der Waals surface area (Å²) in [6.07, 6.45) is 1.58. The molecule has 0 bridgehead atoms. The van der Waals surface area contributed by atoms with Gasteiger partial charge in [-0.3, -0.25) is 4.79 Å². The van der Waals surface area contributed by atoms with Gasteiger partial charge in [-0.2, -0.15) is 4.37 Å². The summed E-state index contributed by atoms with van der Waals surface area (Å²) in [5.41, 5.74) is 1.33. The normalized spacial score (nSPS) is 10.2. The molecule has 5 nitrogen and oxygen atoms in total. The van der Waals surface area contributed by atoms with Crippen LogP contribution in [0.3, 0.4) is 0 Å². The van der Waals surface area contributed by atoms with E-state index in [-0.39, 0.29) is 5.91 Å². The summed E-state index contributed by atoms with van der Waals surface area (Å²) in [6.45, 7) is 2.20. The van der Waals surface area contributed by atoms with Gasteiger partial charge >= 0.3 is 0 Å². The fourth-order valence-electron chi connectivity index (χ4n) is 1.48. The topological polar surface area (TPSA) is 67.2 Å². The monoisotopic (exact) mass is 251 g/mol. The van der Waals surface area contributed by atoms with Gasteiger partial charge in [0.25, 0.3) is 5.91 Å². The Labute approximate surface area is 103 Å². The molecular weight excluding hydrogens is 238 g/mol. The van der Waals surface area contributed by atoms with Crippen LogP contribution in [0.25, 0.3) is 0 Å². The van der Waals surface area contributed by atoms with Gasteiger partial charge < -0.3 is 15.1 Å². The number of carbonyl (C=O) groups is 1. The quantitative estimate of drug-likeness (QED) is 0.872. The zero-order valence-electron chi connectivity index (χ0n) is 9.61. The Balaban J connectivity index is 2.06. The number of amides is 1. The van der Waals surface area contributed by atoms with Crippen molar-refractivity contribution >= 4 is 22.4 Å². The van der Waals surface area contributed by atoms with Crippen molar-refractivity contribution < 1.29 is 9.21 Å². The van der Waals surface area contributed by atoms with E-state index < -0.39 is 0 Å². The Morgan fingerprint density at radius 1 is 1.59 bits per heavy atom. The maximum Gasteiger partial charge on any atom is 0.256 e. The number of hydrogen-bond acceptors (Lipinski definition) is 5. The van der Waals surface area contributed by atoms with E-state index in [2.05, 4.69) is 15.0 Å².